The number of benzene rings is 1. The van der Waals surface area contributed by atoms with E-state index in [1.165, 1.54) is 5.69 Å². The summed E-state index contributed by atoms with van der Waals surface area (Å²) < 4.78 is 13.4. The van der Waals surface area contributed by atoms with E-state index in [4.69, 9.17) is 9.47 Å². The predicted molar refractivity (Wildman–Crippen MR) is 94.6 cm³/mol. The zero-order valence-corrected chi connectivity index (χ0v) is 14.4. The molecule has 0 saturated carbocycles. The molecule has 2 aromatic rings. The number of morpholine rings is 1. The second kappa shape index (κ2) is 6.90. The lowest BCUT2D eigenvalue weighted by molar-refractivity contribution is -0.0259. The van der Waals surface area contributed by atoms with E-state index in [1.807, 2.05) is 30.3 Å². The first-order valence-corrected chi connectivity index (χ1v) is 8.68. The summed E-state index contributed by atoms with van der Waals surface area (Å²) in [4.78, 5) is 16.3. The van der Waals surface area contributed by atoms with Crippen LogP contribution in [0.2, 0.25) is 0 Å². The lowest BCUT2D eigenvalue weighted by Gasteiger charge is -2.36. The molecule has 0 radical (unpaired) electrons. The van der Waals surface area contributed by atoms with Gasteiger partial charge in [0.1, 0.15) is 6.10 Å². The van der Waals surface area contributed by atoms with Crippen molar-refractivity contribution in [1.29, 1.82) is 0 Å². The van der Waals surface area contributed by atoms with Crippen molar-refractivity contribution >= 4 is 11.8 Å². The Morgan fingerprint density at radius 2 is 2.00 bits per heavy atom. The van der Waals surface area contributed by atoms with Crippen molar-refractivity contribution in [1.82, 2.24) is 9.47 Å². The zero-order chi connectivity index (χ0) is 17.2. The number of cyclic esters (lactones) is 1. The lowest BCUT2D eigenvalue weighted by Crippen LogP contribution is -2.44. The molecule has 2 atom stereocenters. The summed E-state index contributed by atoms with van der Waals surface area (Å²) in [6, 6.07) is 14.1. The van der Waals surface area contributed by atoms with Crippen LogP contribution in [0.3, 0.4) is 0 Å². The number of ether oxygens (including phenoxy) is 2. The van der Waals surface area contributed by atoms with E-state index in [0.717, 1.165) is 12.2 Å². The maximum absolute atomic E-state index is 12.2. The molecule has 0 aliphatic carbocycles. The molecular formula is C19H23N3O3. The van der Waals surface area contributed by atoms with E-state index in [-0.39, 0.29) is 18.2 Å². The van der Waals surface area contributed by atoms with Gasteiger partial charge in [-0.05, 0) is 24.3 Å². The smallest absolute Gasteiger partial charge is 0.414 e. The summed E-state index contributed by atoms with van der Waals surface area (Å²) in [7, 11) is 2.05. The summed E-state index contributed by atoms with van der Waals surface area (Å²) in [6.07, 6.45) is 1.66. The quantitative estimate of drug-likeness (QED) is 0.857. The largest absolute Gasteiger partial charge is 0.443 e. The molecule has 3 heterocycles. The maximum atomic E-state index is 12.2. The number of aromatic nitrogens is 1. The van der Waals surface area contributed by atoms with E-state index >= 15 is 0 Å². The highest BCUT2D eigenvalue weighted by Crippen LogP contribution is 2.27. The van der Waals surface area contributed by atoms with Crippen LogP contribution in [0.5, 0.6) is 0 Å². The second-order valence-corrected chi connectivity index (χ2v) is 6.58. The van der Waals surface area contributed by atoms with Crippen molar-refractivity contribution in [2.75, 3.05) is 37.7 Å². The second-order valence-electron chi connectivity index (χ2n) is 6.58. The van der Waals surface area contributed by atoms with Gasteiger partial charge in [-0.15, -0.1) is 0 Å². The molecule has 6 heteroatoms. The molecule has 0 spiro atoms. The van der Waals surface area contributed by atoms with Gasteiger partial charge >= 0.3 is 6.09 Å². The van der Waals surface area contributed by atoms with Crippen LogP contribution in [-0.2, 0) is 16.5 Å². The van der Waals surface area contributed by atoms with Crippen LogP contribution in [0, 0.1) is 0 Å². The molecule has 2 aliphatic rings. The molecular weight excluding hydrogens is 318 g/mol. The van der Waals surface area contributed by atoms with E-state index in [2.05, 4.69) is 34.8 Å². The Morgan fingerprint density at radius 1 is 1.16 bits per heavy atom. The highest BCUT2D eigenvalue weighted by molar-refractivity contribution is 5.89. The molecule has 4 rings (SSSR count). The maximum Gasteiger partial charge on any atom is 0.414 e. The minimum Gasteiger partial charge on any atom is -0.443 e. The number of carbonyl (C=O) groups is 1. The fraction of sp³-hybridized carbons (Fsp3) is 0.421. The molecule has 2 saturated heterocycles. The molecule has 1 aromatic heterocycles. The first-order valence-electron chi connectivity index (χ1n) is 8.68. The Labute approximate surface area is 147 Å². The van der Waals surface area contributed by atoms with Gasteiger partial charge in [0.25, 0.3) is 0 Å². The average molecular weight is 341 g/mol. The number of hydrogen-bond acceptors (Lipinski definition) is 4. The van der Waals surface area contributed by atoms with Crippen LogP contribution in [0.1, 0.15) is 11.7 Å². The summed E-state index contributed by atoms with van der Waals surface area (Å²) in [5, 5.41) is 0. The van der Waals surface area contributed by atoms with E-state index in [1.54, 1.807) is 4.90 Å². The predicted octanol–water partition coefficient (Wildman–Crippen LogP) is 2.42. The van der Waals surface area contributed by atoms with Crippen molar-refractivity contribution in [3.05, 3.63) is 54.4 Å². The molecule has 1 amide bonds. The van der Waals surface area contributed by atoms with E-state index < -0.39 is 0 Å². The molecule has 0 bridgehead atoms. The van der Waals surface area contributed by atoms with Crippen LogP contribution in [0.15, 0.2) is 48.7 Å². The van der Waals surface area contributed by atoms with Crippen LogP contribution in [-0.4, -0.2) is 54.5 Å². The van der Waals surface area contributed by atoms with Gasteiger partial charge < -0.3 is 14.0 Å². The van der Waals surface area contributed by atoms with Gasteiger partial charge in [0, 0.05) is 37.7 Å². The molecule has 2 fully saturated rings. The number of hydrogen-bond donors (Lipinski definition) is 0. The van der Waals surface area contributed by atoms with Gasteiger partial charge in [-0.2, -0.15) is 0 Å². The van der Waals surface area contributed by atoms with Crippen molar-refractivity contribution in [2.45, 2.75) is 12.1 Å². The minimum absolute atomic E-state index is 0.131. The number of anilines is 1. The van der Waals surface area contributed by atoms with Crippen molar-refractivity contribution in [2.24, 2.45) is 7.05 Å². The third-order valence-corrected chi connectivity index (χ3v) is 4.94. The Hall–Kier alpha value is -2.31. The number of carbonyl (C=O) groups excluding carboxylic acids is 1. The normalized spacial score (nSPS) is 24.5. The summed E-state index contributed by atoms with van der Waals surface area (Å²) in [5.41, 5.74) is 2.11. The fourth-order valence-corrected chi connectivity index (χ4v) is 3.65. The number of rotatable bonds is 4. The number of nitrogens with zero attached hydrogens (tertiary/aromatic N) is 3. The van der Waals surface area contributed by atoms with Gasteiger partial charge in [0.2, 0.25) is 0 Å². The van der Waals surface area contributed by atoms with Crippen LogP contribution >= 0.6 is 0 Å². The van der Waals surface area contributed by atoms with Gasteiger partial charge in [-0.25, -0.2) is 4.79 Å². The van der Waals surface area contributed by atoms with Crippen molar-refractivity contribution in [3.63, 3.8) is 0 Å². The molecule has 1 aromatic carbocycles. The number of para-hydroxylation sites is 1. The van der Waals surface area contributed by atoms with E-state index in [9.17, 15) is 4.79 Å². The number of amides is 1. The fourth-order valence-electron chi connectivity index (χ4n) is 3.65. The van der Waals surface area contributed by atoms with Gasteiger partial charge in [-0.3, -0.25) is 9.80 Å². The molecule has 132 valence electrons. The molecule has 2 aliphatic heterocycles. The monoisotopic (exact) mass is 341 g/mol. The summed E-state index contributed by atoms with van der Waals surface area (Å²) in [6.45, 7) is 3.52. The zero-order valence-electron chi connectivity index (χ0n) is 14.4. The SMILES string of the molecule is Cn1cccc1[C@H]1COCCN1C[C@H]1CN(c2ccccc2)C(=O)O1. The topological polar surface area (TPSA) is 46.9 Å². The van der Waals surface area contributed by atoms with Crippen LogP contribution < -0.4 is 4.90 Å². The average Bonchev–Trinajstić information content (AvgIpc) is 3.22. The molecule has 6 nitrogen and oxygen atoms in total. The van der Waals surface area contributed by atoms with E-state index in [0.29, 0.717) is 26.3 Å². The standard InChI is InChI=1S/C19H23N3O3/c1-20-9-5-8-17(20)18-14-24-11-10-21(18)12-16-13-22(19(23)25-16)15-6-3-2-4-7-15/h2-9,16,18H,10-14H2,1H3/t16-,18+/m0/s1. The highest BCUT2D eigenvalue weighted by atomic mass is 16.6. The third kappa shape index (κ3) is 3.27. The Balaban J connectivity index is 1.46. The lowest BCUT2D eigenvalue weighted by atomic mass is 10.1. The van der Waals surface area contributed by atoms with Crippen molar-refractivity contribution in [3.8, 4) is 0 Å². The first kappa shape index (κ1) is 16.2. The summed E-state index contributed by atoms with van der Waals surface area (Å²) in [5.74, 6) is 0. The Bertz CT molecular complexity index is 731. The Morgan fingerprint density at radius 3 is 2.76 bits per heavy atom. The summed E-state index contributed by atoms with van der Waals surface area (Å²) >= 11 is 0. The van der Waals surface area contributed by atoms with Gasteiger partial charge in [-0.1, -0.05) is 18.2 Å². The van der Waals surface area contributed by atoms with Crippen molar-refractivity contribution < 1.29 is 14.3 Å². The van der Waals surface area contributed by atoms with Crippen LogP contribution in [0.25, 0.3) is 0 Å². The van der Waals surface area contributed by atoms with Gasteiger partial charge in [0.05, 0.1) is 25.8 Å². The first-order chi connectivity index (χ1) is 12.2. The van der Waals surface area contributed by atoms with Crippen LogP contribution in [0.4, 0.5) is 10.5 Å². The minimum atomic E-state index is -0.264. The molecule has 25 heavy (non-hydrogen) atoms. The number of aryl methyl sites for hydroxylation is 1. The Kier molecular flexibility index (Phi) is 4.46. The molecule has 0 unspecified atom stereocenters. The molecule has 0 N–H and O–H groups in total. The third-order valence-electron chi connectivity index (χ3n) is 4.94. The van der Waals surface area contributed by atoms with Gasteiger partial charge in [0.15, 0.2) is 0 Å². The highest BCUT2D eigenvalue weighted by Gasteiger charge is 2.36.